The number of hydrogen-bond donors (Lipinski definition) is 1. The highest BCUT2D eigenvalue weighted by atomic mass is 19.1. The lowest BCUT2D eigenvalue weighted by molar-refractivity contribution is 0.116. The summed E-state index contributed by atoms with van der Waals surface area (Å²) >= 11 is 0. The molecule has 0 aromatic heterocycles. The molecule has 15 heavy (non-hydrogen) atoms. The average Bonchev–Trinajstić information content (AvgIpc) is 2.12. The summed E-state index contributed by atoms with van der Waals surface area (Å²) in [4.78, 5) is 0. The Hall–Kier alpha value is -0.960. The first-order valence-electron chi connectivity index (χ1n) is 5.12. The van der Waals surface area contributed by atoms with Crippen molar-refractivity contribution in [3.05, 3.63) is 35.4 Å². The van der Waals surface area contributed by atoms with Crippen LogP contribution in [0.1, 0.15) is 25.8 Å². The van der Waals surface area contributed by atoms with Gasteiger partial charge in [-0.25, -0.2) is 8.78 Å². The fourth-order valence-corrected chi connectivity index (χ4v) is 1.40. The van der Waals surface area contributed by atoms with E-state index in [9.17, 15) is 13.9 Å². The van der Waals surface area contributed by atoms with Crippen molar-refractivity contribution in [1.29, 1.82) is 0 Å². The van der Waals surface area contributed by atoms with Gasteiger partial charge in [0.2, 0.25) is 0 Å². The van der Waals surface area contributed by atoms with Crippen molar-refractivity contribution in [3.63, 3.8) is 0 Å². The first-order chi connectivity index (χ1) is 6.99. The summed E-state index contributed by atoms with van der Waals surface area (Å²) in [5.41, 5.74) is 0.590. The van der Waals surface area contributed by atoms with E-state index in [4.69, 9.17) is 0 Å². The monoisotopic (exact) mass is 214 g/mol. The van der Waals surface area contributed by atoms with Crippen LogP contribution in [-0.4, -0.2) is 11.2 Å². The third-order valence-corrected chi connectivity index (χ3v) is 2.42. The Kier molecular flexibility index (Phi) is 4.21. The van der Waals surface area contributed by atoms with E-state index in [0.29, 0.717) is 18.4 Å². The van der Waals surface area contributed by atoms with Gasteiger partial charge in [0.05, 0.1) is 6.10 Å². The minimum atomic E-state index is -0.566. The second-order valence-corrected chi connectivity index (χ2v) is 4.13. The number of hydrogen-bond acceptors (Lipinski definition) is 1. The van der Waals surface area contributed by atoms with Crippen molar-refractivity contribution in [3.8, 4) is 0 Å². The quantitative estimate of drug-likeness (QED) is 0.817. The van der Waals surface area contributed by atoms with Crippen LogP contribution in [-0.2, 0) is 6.42 Å². The second kappa shape index (κ2) is 5.21. The molecule has 1 nitrogen and oxygen atoms in total. The van der Waals surface area contributed by atoms with E-state index < -0.39 is 17.7 Å². The third-order valence-electron chi connectivity index (χ3n) is 2.42. The van der Waals surface area contributed by atoms with Gasteiger partial charge in [-0.05, 0) is 36.5 Å². The van der Waals surface area contributed by atoms with Gasteiger partial charge in [-0.2, -0.15) is 0 Å². The van der Waals surface area contributed by atoms with Crippen molar-refractivity contribution in [2.75, 3.05) is 0 Å². The molecule has 3 heteroatoms. The lowest BCUT2D eigenvalue weighted by Crippen LogP contribution is -2.15. The van der Waals surface area contributed by atoms with Crippen molar-refractivity contribution >= 4 is 0 Å². The largest absolute Gasteiger partial charge is 0.393 e. The maximum atomic E-state index is 12.8. The highest BCUT2D eigenvalue weighted by Gasteiger charge is 2.09. The summed E-state index contributed by atoms with van der Waals surface area (Å²) < 4.78 is 25.6. The summed E-state index contributed by atoms with van der Waals surface area (Å²) in [5.74, 6) is -0.962. The van der Waals surface area contributed by atoms with Crippen LogP contribution >= 0.6 is 0 Å². The van der Waals surface area contributed by atoms with Crippen LogP contribution in [0.3, 0.4) is 0 Å². The number of aryl methyl sites for hydroxylation is 1. The van der Waals surface area contributed by atoms with E-state index in [1.807, 2.05) is 13.8 Å². The molecule has 0 saturated heterocycles. The zero-order valence-electron chi connectivity index (χ0n) is 9.00. The van der Waals surface area contributed by atoms with E-state index in [0.717, 1.165) is 6.07 Å². The second-order valence-electron chi connectivity index (χ2n) is 4.13. The molecule has 0 aliphatic rings. The number of aliphatic hydroxyl groups excluding tert-OH is 1. The molecule has 84 valence electrons. The maximum absolute atomic E-state index is 12.8. The van der Waals surface area contributed by atoms with Crippen molar-refractivity contribution in [2.24, 2.45) is 5.92 Å². The van der Waals surface area contributed by atoms with Gasteiger partial charge in [-0.1, -0.05) is 13.8 Å². The van der Waals surface area contributed by atoms with Crippen LogP contribution in [0.4, 0.5) is 8.78 Å². The standard InChI is InChI=1S/C12H16F2O/c1-8(2)12(15)4-3-9-5-10(13)7-11(14)6-9/h5-8,12,15H,3-4H2,1-2H3. The molecule has 1 atom stereocenters. The van der Waals surface area contributed by atoms with Crippen LogP contribution < -0.4 is 0 Å². The number of rotatable bonds is 4. The maximum Gasteiger partial charge on any atom is 0.126 e. The normalized spacial score (nSPS) is 13.2. The zero-order valence-corrected chi connectivity index (χ0v) is 9.00. The van der Waals surface area contributed by atoms with Crippen molar-refractivity contribution < 1.29 is 13.9 Å². The Morgan fingerprint density at radius 3 is 2.13 bits per heavy atom. The zero-order chi connectivity index (χ0) is 11.4. The molecule has 0 aliphatic heterocycles. The molecular weight excluding hydrogens is 198 g/mol. The fourth-order valence-electron chi connectivity index (χ4n) is 1.40. The predicted octanol–water partition coefficient (Wildman–Crippen LogP) is 2.91. The first-order valence-corrected chi connectivity index (χ1v) is 5.12. The minimum Gasteiger partial charge on any atom is -0.393 e. The molecule has 0 bridgehead atoms. The molecule has 1 rings (SSSR count). The number of halogens is 2. The summed E-state index contributed by atoms with van der Waals surface area (Å²) in [6.45, 7) is 3.83. The average molecular weight is 214 g/mol. The molecule has 1 aromatic rings. The lowest BCUT2D eigenvalue weighted by atomic mass is 9.99. The topological polar surface area (TPSA) is 20.2 Å². The minimum absolute atomic E-state index is 0.170. The molecule has 0 spiro atoms. The van der Waals surface area contributed by atoms with E-state index in [-0.39, 0.29) is 5.92 Å². The SMILES string of the molecule is CC(C)C(O)CCc1cc(F)cc(F)c1. The van der Waals surface area contributed by atoms with Gasteiger partial charge >= 0.3 is 0 Å². The summed E-state index contributed by atoms with van der Waals surface area (Å²) in [5, 5.41) is 9.54. The van der Waals surface area contributed by atoms with Crippen LogP contribution in [0.25, 0.3) is 0 Å². The Morgan fingerprint density at radius 2 is 1.67 bits per heavy atom. The Balaban J connectivity index is 2.57. The van der Waals surface area contributed by atoms with E-state index >= 15 is 0 Å². The highest BCUT2D eigenvalue weighted by molar-refractivity contribution is 5.18. The fraction of sp³-hybridized carbons (Fsp3) is 0.500. The Bertz CT molecular complexity index is 303. The van der Waals surface area contributed by atoms with Crippen molar-refractivity contribution in [1.82, 2.24) is 0 Å². The van der Waals surface area contributed by atoms with Gasteiger partial charge in [0.15, 0.2) is 0 Å². The first kappa shape index (κ1) is 12.1. The molecule has 0 radical (unpaired) electrons. The molecule has 1 unspecified atom stereocenters. The summed E-state index contributed by atoms with van der Waals surface area (Å²) in [6, 6.07) is 3.45. The van der Waals surface area contributed by atoms with Gasteiger partial charge in [-0.15, -0.1) is 0 Å². The molecule has 0 fully saturated rings. The molecule has 1 aromatic carbocycles. The molecule has 0 aliphatic carbocycles. The van der Waals surface area contributed by atoms with Gasteiger partial charge in [0.25, 0.3) is 0 Å². The van der Waals surface area contributed by atoms with Gasteiger partial charge in [0, 0.05) is 6.07 Å². The summed E-state index contributed by atoms with van der Waals surface area (Å²) in [7, 11) is 0. The van der Waals surface area contributed by atoms with Crippen LogP contribution in [0.15, 0.2) is 18.2 Å². The predicted molar refractivity (Wildman–Crippen MR) is 55.5 cm³/mol. The molecule has 1 N–H and O–H groups in total. The van der Waals surface area contributed by atoms with Gasteiger partial charge in [-0.3, -0.25) is 0 Å². The Morgan fingerprint density at radius 1 is 1.13 bits per heavy atom. The van der Waals surface area contributed by atoms with E-state index in [1.54, 1.807) is 0 Å². The molecule has 0 amide bonds. The third kappa shape index (κ3) is 3.96. The molecule has 0 saturated carbocycles. The summed E-state index contributed by atoms with van der Waals surface area (Å²) in [6.07, 6.45) is 0.602. The van der Waals surface area contributed by atoms with Gasteiger partial charge < -0.3 is 5.11 Å². The smallest absolute Gasteiger partial charge is 0.126 e. The molecule has 0 heterocycles. The van der Waals surface area contributed by atoms with E-state index in [2.05, 4.69) is 0 Å². The molecular formula is C12H16F2O. The Labute approximate surface area is 88.7 Å². The van der Waals surface area contributed by atoms with Crippen LogP contribution in [0, 0.1) is 17.6 Å². The van der Waals surface area contributed by atoms with Crippen molar-refractivity contribution in [2.45, 2.75) is 32.8 Å². The highest BCUT2D eigenvalue weighted by Crippen LogP contribution is 2.13. The number of aliphatic hydroxyl groups is 1. The van der Waals surface area contributed by atoms with Gasteiger partial charge in [0.1, 0.15) is 11.6 Å². The lowest BCUT2D eigenvalue weighted by Gasteiger charge is -2.13. The number of benzene rings is 1. The van der Waals surface area contributed by atoms with Crippen LogP contribution in [0.5, 0.6) is 0 Å². The van der Waals surface area contributed by atoms with Crippen LogP contribution in [0.2, 0.25) is 0 Å². The van der Waals surface area contributed by atoms with E-state index in [1.165, 1.54) is 12.1 Å².